The number of carbonyl (C=O) groups excluding carboxylic acids is 1. The van der Waals surface area contributed by atoms with Gasteiger partial charge in [0.1, 0.15) is 11.6 Å². The van der Waals surface area contributed by atoms with Crippen LogP contribution in [-0.4, -0.2) is 34.2 Å². The molecule has 0 bridgehead atoms. The molecule has 0 aliphatic carbocycles. The third-order valence-corrected chi connectivity index (χ3v) is 3.46. The van der Waals surface area contributed by atoms with Gasteiger partial charge in [-0.3, -0.25) is 9.89 Å². The highest BCUT2D eigenvalue weighted by molar-refractivity contribution is 6.07. The molecule has 2 aromatic heterocycles. The number of methoxy groups -OCH3 is 1. The molecular weight excluding hydrogens is 306 g/mol. The predicted molar refractivity (Wildman–Crippen MR) is 93.6 cm³/mol. The highest BCUT2D eigenvalue weighted by Crippen LogP contribution is 2.25. The van der Waals surface area contributed by atoms with Crippen LogP contribution in [-0.2, 0) is 0 Å². The van der Waals surface area contributed by atoms with Crippen LogP contribution in [0.3, 0.4) is 0 Å². The molecule has 1 amide bonds. The molecule has 3 rings (SSSR count). The number of anilines is 2. The Morgan fingerprint density at radius 3 is 2.75 bits per heavy atom. The second kappa shape index (κ2) is 6.57. The number of aromatic nitrogens is 3. The fraction of sp³-hybridized carbons (Fsp3) is 0.235. The quantitative estimate of drug-likeness (QED) is 0.670. The largest absolute Gasteiger partial charge is 0.497 e. The van der Waals surface area contributed by atoms with Crippen molar-refractivity contribution in [1.82, 2.24) is 15.2 Å². The van der Waals surface area contributed by atoms with Gasteiger partial charge in [0, 0.05) is 23.7 Å². The molecule has 24 heavy (non-hydrogen) atoms. The zero-order valence-electron chi connectivity index (χ0n) is 13.8. The molecule has 0 aliphatic rings. The molecule has 0 saturated carbocycles. The van der Waals surface area contributed by atoms with Gasteiger partial charge in [0.15, 0.2) is 5.82 Å². The number of ether oxygens (including phenoxy) is 1. The zero-order chi connectivity index (χ0) is 17.1. The number of pyridine rings is 1. The van der Waals surface area contributed by atoms with E-state index >= 15 is 0 Å². The van der Waals surface area contributed by atoms with Crippen molar-refractivity contribution in [2.45, 2.75) is 19.9 Å². The van der Waals surface area contributed by atoms with Gasteiger partial charge in [0.05, 0.1) is 18.2 Å². The second-order valence-corrected chi connectivity index (χ2v) is 5.67. The molecule has 7 nitrogen and oxygen atoms in total. The van der Waals surface area contributed by atoms with Gasteiger partial charge in [0.25, 0.3) is 5.91 Å². The summed E-state index contributed by atoms with van der Waals surface area (Å²) in [6, 6.07) is 9.28. The van der Waals surface area contributed by atoms with E-state index in [1.54, 1.807) is 19.2 Å². The minimum absolute atomic E-state index is 0.261. The van der Waals surface area contributed by atoms with Crippen LogP contribution in [0.25, 0.3) is 10.9 Å². The molecule has 0 unspecified atom stereocenters. The van der Waals surface area contributed by atoms with Crippen molar-refractivity contribution in [2.75, 3.05) is 17.7 Å². The predicted octanol–water partition coefficient (Wildman–Crippen LogP) is 3.04. The van der Waals surface area contributed by atoms with Crippen LogP contribution < -0.4 is 15.4 Å². The highest BCUT2D eigenvalue weighted by Gasteiger charge is 2.12. The molecule has 0 radical (unpaired) electrons. The van der Waals surface area contributed by atoms with E-state index < -0.39 is 0 Å². The molecule has 0 aliphatic heterocycles. The van der Waals surface area contributed by atoms with E-state index in [9.17, 15) is 4.79 Å². The fourth-order valence-electron chi connectivity index (χ4n) is 2.31. The van der Waals surface area contributed by atoms with E-state index in [0.717, 1.165) is 22.5 Å². The number of hydrogen-bond donors (Lipinski definition) is 3. The molecule has 124 valence electrons. The van der Waals surface area contributed by atoms with Gasteiger partial charge in [-0.15, -0.1) is 0 Å². The molecule has 3 aromatic rings. The maximum absolute atomic E-state index is 12.4. The summed E-state index contributed by atoms with van der Waals surface area (Å²) >= 11 is 0. The van der Waals surface area contributed by atoms with E-state index in [1.165, 1.54) is 6.20 Å². The molecular formula is C17H19N5O2. The minimum atomic E-state index is -0.261. The summed E-state index contributed by atoms with van der Waals surface area (Å²) in [5, 5.41) is 13.8. The monoisotopic (exact) mass is 325 g/mol. The van der Waals surface area contributed by atoms with Crippen molar-refractivity contribution in [3.8, 4) is 5.75 Å². The summed E-state index contributed by atoms with van der Waals surface area (Å²) < 4.78 is 5.17. The molecule has 3 N–H and O–H groups in total. The molecule has 7 heteroatoms. The van der Waals surface area contributed by atoms with Crippen LogP contribution in [0.2, 0.25) is 0 Å². The zero-order valence-corrected chi connectivity index (χ0v) is 13.8. The molecule has 0 atom stereocenters. The van der Waals surface area contributed by atoms with Crippen molar-refractivity contribution < 1.29 is 9.53 Å². The van der Waals surface area contributed by atoms with Crippen LogP contribution in [0, 0.1) is 0 Å². The summed E-state index contributed by atoms with van der Waals surface area (Å²) in [5.74, 6) is 1.67. The third-order valence-electron chi connectivity index (χ3n) is 3.46. The molecule has 0 fully saturated rings. The van der Waals surface area contributed by atoms with Crippen LogP contribution in [0.15, 0.2) is 36.5 Å². The fourth-order valence-corrected chi connectivity index (χ4v) is 2.31. The van der Waals surface area contributed by atoms with E-state index in [1.807, 2.05) is 32.0 Å². The van der Waals surface area contributed by atoms with Gasteiger partial charge >= 0.3 is 0 Å². The molecule has 2 heterocycles. The minimum Gasteiger partial charge on any atom is -0.497 e. The normalized spacial score (nSPS) is 10.8. The summed E-state index contributed by atoms with van der Waals surface area (Å²) in [4.78, 5) is 16.6. The van der Waals surface area contributed by atoms with Crippen LogP contribution in [0.5, 0.6) is 5.75 Å². The Balaban J connectivity index is 1.77. The Bertz CT molecular complexity index is 855. The Morgan fingerprint density at radius 1 is 1.25 bits per heavy atom. The number of fused-ring (bicyclic) bond motifs is 1. The summed E-state index contributed by atoms with van der Waals surface area (Å²) in [7, 11) is 1.60. The Hall–Kier alpha value is -3.09. The van der Waals surface area contributed by atoms with Gasteiger partial charge in [0.2, 0.25) is 0 Å². The average molecular weight is 325 g/mol. The van der Waals surface area contributed by atoms with Crippen LogP contribution in [0.4, 0.5) is 11.6 Å². The molecule has 0 saturated heterocycles. The lowest BCUT2D eigenvalue weighted by molar-refractivity contribution is 0.102. The highest BCUT2D eigenvalue weighted by atomic mass is 16.5. The summed E-state index contributed by atoms with van der Waals surface area (Å²) in [6.07, 6.45) is 1.54. The van der Waals surface area contributed by atoms with Gasteiger partial charge in [-0.25, -0.2) is 4.98 Å². The first-order chi connectivity index (χ1) is 11.6. The first-order valence-corrected chi connectivity index (χ1v) is 7.63. The van der Waals surface area contributed by atoms with E-state index in [2.05, 4.69) is 25.8 Å². The van der Waals surface area contributed by atoms with Crippen molar-refractivity contribution >= 4 is 28.4 Å². The second-order valence-electron chi connectivity index (χ2n) is 5.67. The number of rotatable bonds is 5. The van der Waals surface area contributed by atoms with E-state index in [0.29, 0.717) is 11.4 Å². The number of nitrogens with zero attached hydrogens (tertiary/aromatic N) is 2. The first kappa shape index (κ1) is 15.8. The van der Waals surface area contributed by atoms with Crippen LogP contribution in [0.1, 0.15) is 24.2 Å². The van der Waals surface area contributed by atoms with Gasteiger partial charge in [-0.2, -0.15) is 5.10 Å². The summed E-state index contributed by atoms with van der Waals surface area (Å²) in [5.41, 5.74) is 1.26. The van der Waals surface area contributed by atoms with Crippen molar-refractivity contribution in [2.24, 2.45) is 0 Å². The Labute approximate surface area is 139 Å². The Kier molecular flexibility index (Phi) is 4.33. The maximum atomic E-state index is 12.4. The maximum Gasteiger partial charge on any atom is 0.258 e. The molecule has 0 spiro atoms. The summed E-state index contributed by atoms with van der Waals surface area (Å²) in [6.45, 7) is 4.06. The number of aromatic amines is 1. The standard InChI is InChI=1S/C17H19N5O2/c1-10(2)19-15-7-4-11(9-18-15)17(23)20-16-13-6-5-12(24-3)8-14(13)21-22-16/h4-10H,1-3H3,(H,18,19)(H2,20,21,22,23). The lowest BCUT2D eigenvalue weighted by atomic mass is 10.2. The van der Waals surface area contributed by atoms with Crippen molar-refractivity contribution in [3.05, 3.63) is 42.1 Å². The van der Waals surface area contributed by atoms with Crippen molar-refractivity contribution in [3.63, 3.8) is 0 Å². The number of amides is 1. The number of carbonyl (C=O) groups is 1. The van der Waals surface area contributed by atoms with Crippen LogP contribution >= 0.6 is 0 Å². The smallest absolute Gasteiger partial charge is 0.258 e. The average Bonchev–Trinajstić information content (AvgIpc) is 2.97. The Morgan fingerprint density at radius 2 is 2.08 bits per heavy atom. The van der Waals surface area contributed by atoms with E-state index in [-0.39, 0.29) is 11.9 Å². The van der Waals surface area contributed by atoms with Gasteiger partial charge in [-0.1, -0.05) is 0 Å². The number of benzene rings is 1. The van der Waals surface area contributed by atoms with Crippen molar-refractivity contribution in [1.29, 1.82) is 0 Å². The topological polar surface area (TPSA) is 91.9 Å². The number of hydrogen-bond acceptors (Lipinski definition) is 5. The van der Waals surface area contributed by atoms with Gasteiger partial charge < -0.3 is 15.4 Å². The third kappa shape index (κ3) is 3.29. The first-order valence-electron chi connectivity index (χ1n) is 7.63. The van der Waals surface area contributed by atoms with Gasteiger partial charge in [-0.05, 0) is 38.1 Å². The lowest BCUT2D eigenvalue weighted by Crippen LogP contribution is -2.14. The number of H-pyrrole nitrogens is 1. The van der Waals surface area contributed by atoms with E-state index in [4.69, 9.17) is 4.74 Å². The number of nitrogens with one attached hydrogen (secondary N) is 3. The SMILES string of the molecule is COc1ccc2c(NC(=O)c3ccc(NC(C)C)nc3)n[nH]c2c1. The lowest BCUT2D eigenvalue weighted by Gasteiger charge is -2.09. The molecule has 1 aromatic carbocycles.